The Morgan fingerprint density at radius 1 is 1.12 bits per heavy atom. The molecule has 0 bridgehead atoms. The minimum Gasteiger partial charge on any atom is -0.497 e. The van der Waals surface area contributed by atoms with E-state index in [1.165, 1.54) is 31.0 Å². The van der Waals surface area contributed by atoms with Gasteiger partial charge >= 0.3 is 12.0 Å². The molecule has 1 fully saturated rings. The highest BCUT2D eigenvalue weighted by Crippen LogP contribution is 2.32. The molecule has 0 radical (unpaired) electrons. The molecule has 1 aliphatic rings. The van der Waals surface area contributed by atoms with Gasteiger partial charge in [0.05, 0.1) is 36.4 Å². The Morgan fingerprint density at radius 3 is 2.47 bits per heavy atom. The zero-order valence-corrected chi connectivity index (χ0v) is 19.7. The minimum atomic E-state index is -3.82. The van der Waals surface area contributed by atoms with Gasteiger partial charge in [-0.2, -0.15) is 0 Å². The largest absolute Gasteiger partial charge is 0.497 e. The number of thioether (sulfide) groups is 1. The third-order valence-corrected chi connectivity index (χ3v) is 7.74. The quantitative estimate of drug-likeness (QED) is 0.443. The van der Waals surface area contributed by atoms with E-state index >= 15 is 0 Å². The van der Waals surface area contributed by atoms with Gasteiger partial charge in [-0.15, -0.1) is 11.8 Å². The van der Waals surface area contributed by atoms with Crippen molar-refractivity contribution in [2.75, 3.05) is 25.7 Å². The molecule has 172 valence electrons. The summed E-state index contributed by atoms with van der Waals surface area (Å²) < 4.78 is 36.6. The summed E-state index contributed by atoms with van der Waals surface area (Å²) in [5, 5.41) is 5.40. The number of hydrogen-bond donors (Lipinski definition) is 2. The van der Waals surface area contributed by atoms with Gasteiger partial charge in [-0.05, 0) is 55.1 Å². The highest BCUT2D eigenvalue weighted by atomic mass is 32.2. The zero-order valence-electron chi connectivity index (χ0n) is 18.0. The fourth-order valence-electron chi connectivity index (χ4n) is 3.69. The van der Waals surface area contributed by atoms with Crippen molar-refractivity contribution >= 4 is 33.6 Å². The van der Waals surface area contributed by atoms with Crippen LogP contribution in [0.25, 0.3) is 0 Å². The van der Waals surface area contributed by atoms with Gasteiger partial charge in [-0.3, -0.25) is 4.79 Å². The second-order valence-electron chi connectivity index (χ2n) is 7.21. The third kappa shape index (κ3) is 5.36. The molecule has 32 heavy (non-hydrogen) atoms. The Morgan fingerprint density at radius 2 is 1.84 bits per heavy atom. The van der Waals surface area contributed by atoms with Crippen molar-refractivity contribution in [2.24, 2.45) is 5.92 Å². The van der Waals surface area contributed by atoms with Crippen molar-refractivity contribution in [1.29, 1.82) is 0 Å². The number of sulfone groups is 1. The van der Waals surface area contributed by atoms with Crippen LogP contribution < -0.4 is 15.4 Å². The summed E-state index contributed by atoms with van der Waals surface area (Å²) in [5.41, 5.74) is 0.705. The van der Waals surface area contributed by atoms with Gasteiger partial charge in [0.1, 0.15) is 11.7 Å². The number of rotatable bonds is 8. The number of amides is 2. The molecule has 10 heteroatoms. The van der Waals surface area contributed by atoms with Crippen LogP contribution in [-0.2, 0) is 19.4 Å². The molecule has 2 aromatic rings. The number of carbonyl (C=O) groups is 2. The monoisotopic (exact) mass is 478 g/mol. The Bertz CT molecular complexity index is 1070. The molecular formula is C22H26N2O6S2. The van der Waals surface area contributed by atoms with Crippen LogP contribution in [0.3, 0.4) is 0 Å². The van der Waals surface area contributed by atoms with Gasteiger partial charge in [0.15, 0.2) is 9.84 Å². The average molecular weight is 479 g/mol. The number of nitrogens with one attached hydrogen (secondary N) is 2. The SMILES string of the molecule is CCOC(=O)C1C(CS(=O)(=O)c2ccc(OC)cc2)NC(=O)NC1c1cccc(SC)c1. The molecule has 2 N–H and O–H groups in total. The first kappa shape index (κ1) is 23.9. The summed E-state index contributed by atoms with van der Waals surface area (Å²) >= 11 is 1.53. The lowest BCUT2D eigenvalue weighted by molar-refractivity contribution is -0.150. The fourth-order valence-corrected chi connectivity index (χ4v) is 5.66. The molecule has 0 saturated carbocycles. The standard InChI is InChI=1S/C22H26N2O6S2/c1-4-30-21(25)19-18(13-32(27,28)17-10-8-15(29-2)9-11-17)23-22(26)24-20(19)14-6-5-7-16(12-14)31-3/h5-12,18-20H,4,13H2,1-3H3,(H2,23,24,26). The smallest absolute Gasteiger partial charge is 0.315 e. The molecule has 1 saturated heterocycles. The molecule has 2 aromatic carbocycles. The number of esters is 1. The maximum atomic E-state index is 13.1. The summed E-state index contributed by atoms with van der Waals surface area (Å²) in [5.74, 6) is -1.43. The first-order valence-electron chi connectivity index (χ1n) is 10.0. The first-order chi connectivity index (χ1) is 15.3. The summed E-state index contributed by atoms with van der Waals surface area (Å²) in [6, 6.07) is 11.2. The number of ether oxygens (including phenoxy) is 2. The average Bonchev–Trinajstić information content (AvgIpc) is 2.78. The second-order valence-corrected chi connectivity index (χ2v) is 10.1. The predicted octanol–water partition coefficient (Wildman–Crippen LogP) is 2.79. The molecule has 2 amide bonds. The highest BCUT2D eigenvalue weighted by Gasteiger charge is 2.45. The van der Waals surface area contributed by atoms with E-state index in [2.05, 4.69) is 10.6 Å². The molecule has 3 rings (SSSR count). The van der Waals surface area contributed by atoms with Crippen LogP contribution in [0.5, 0.6) is 5.75 Å². The maximum absolute atomic E-state index is 13.1. The van der Waals surface area contributed by atoms with Crippen molar-refractivity contribution in [3.8, 4) is 5.75 Å². The lowest BCUT2D eigenvalue weighted by atomic mass is 9.86. The van der Waals surface area contributed by atoms with Crippen LogP contribution in [0.4, 0.5) is 4.79 Å². The lowest BCUT2D eigenvalue weighted by Gasteiger charge is -2.38. The van der Waals surface area contributed by atoms with Gasteiger partial charge in [-0.25, -0.2) is 13.2 Å². The molecule has 0 spiro atoms. The van der Waals surface area contributed by atoms with E-state index in [0.29, 0.717) is 11.3 Å². The van der Waals surface area contributed by atoms with Gasteiger partial charge in [0.2, 0.25) is 0 Å². The van der Waals surface area contributed by atoms with E-state index in [-0.39, 0.29) is 11.5 Å². The van der Waals surface area contributed by atoms with E-state index in [0.717, 1.165) is 4.90 Å². The fraction of sp³-hybridized carbons (Fsp3) is 0.364. The number of hydrogen-bond acceptors (Lipinski definition) is 7. The van der Waals surface area contributed by atoms with Gasteiger partial charge < -0.3 is 20.1 Å². The van der Waals surface area contributed by atoms with Crippen molar-refractivity contribution in [3.05, 3.63) is 54.1 Å². The summed E-state index contributed by atoms with van der Waals surface area (Å²) in [7, 11) is -2.33. The Kier molecular flexibility index (Phi) is 7.68. The number of urea groups is 1. The Labute approximate surface area is 192 Å². The molecule has 0 aliphatic carbocycles. The van der Waals surface area contributed by atoms with Crippen LogP contribution in [-0.4, -0.2) is 52.2 Å². The molecular weight excluding hydrogens is 452 g/mol. The van der Waals surface area contributed by atoms with E-state index in [1.807, 2.05) is 24.5 Å². The van der Waals surface area contributed by atoms with Crippen molar-refractivity contribution < 1.29 is 27.5 Å². The van der Waals surface area contributed by atoms with Crippen molar-refractivity contribution in [2.45, 2.75) is 28.8 Å². The minimum absolute atomic E-state index is 0.0784. The van der Waals surface area contributed by atoms with E-state index in [4.69, 9.17) is 9.47 Å². The molecule has 1 aliphatic heterocycles. The Hall–Kier alpha value is -2.72. The lowest BCUT2D eigenvalue weighted by Crippen LogP contribution is -2.60. The van der Waals surface area contributed by atoms with Gasteiger partial charge in [0, 0.05) is 4.90 Å². The second kappa shape index (κ2) is 10.3. The van der Waals surface area contributed by atoms with E-state index in [9.17, 15) is 18.0 Å². The van der Waals surface area contributed by atoms with Crippen LogP contribution in [0.1, 0.15) is 18.5 Å². The maximum Gasteiger partial charge on any atom is 0.315 e. The van der Waals surface area contributed by atoms with E-state index in [1.54, 1.807) is 25.1 Å². The van der Waals surface area contributed by atoms with Crippen molar-refractivity contribution in [3.63, 3.8) is 0 Å². The van der Waals surface area contributed by atoms with Crippen LogP contribution in [0, 0.1) is 5.92 Å². The first-order valence-corrected chi connectivity index (χ1v) is 12.9. The number of carbonyl (C=O) groups excluding carboxylic acids is 2. The van der Waals surface area contributed by atoms with E-state index < -0.39 is 45.6 Å². The van der Waals surface area contributed by atoms with Crippen LogP contribution in [0.15, 0.2) is 58.3 Å². The van der Waals surface area contributed by atoms with Gasteiger partial charge in [0.25, 0.3) is 0 Å². The molecule has 0 aromatic heterocycles. The number of methoxy groups -OCH3 is 1. The third-order valence-electron chi connectivity index (χ3n) is 5.22. The van der Waals surface area contributed by atoms with Crippen LogP contribution in [0.2, 0.25) is 0 Å². The van der Waals surface area contributed by atoms with Gasteiger partial charge in [-0.1, -0.05) is 12.1 Å². The van der Waals surface area contributed by atoms with Crippen LogP contribution >= 0.6 is 11.8 Å². The normalized spacial score (nSPS) is 20.7. The number of benzene rings is 2. The highest BCUT2D eigenvalue weighted by molar-refractivity contribution is 7.98. The molecule has 1 heterocycles. The molecule has 8 nitrogen and oxygen atoms in total. The topological polar surface area (TPSA) is 111 Å². The molecule has 3 atom stereocenters. The summed E-state index contributed by atoms with van der Waals surface area (Å²) in [6.45, 7) is 1.82. The summed E-state index contributed by atoms with van der Waals surface area (Å²) in [6.07, 6.45) is 1.92. The predicted molar refractivity (Wildman–Crippen MR) is 122 cm³/mol. The molecule has 3 unspecified atom stereocenters. The zero-order chi connectivity index (χ0) is 23.3. The summed E-state index contributed by atoms with van der Waals surface area (Å²) in [4.78, 5) is 26.4. The van der Waals surface area contributed by atoms with Crippen molar-refractivity contribution in [1.82, 2.24) is 10.6 Å². The Balaban J connectivity index is 1.97.